The molecule has 1 aliphatic carbocycles. The number of nitrogens with one attached hydrogen (secondary N) is 1. The summed E-state index contributed by atoms with van der Waals surface area (Å²) in [5, 5.41) is 4.33. The topological polar surface area (TPSA) is 21.3 Å². The van der Waals surface area contributed by atoms with Crippen LogP contribution >= 0.6 is 11.8 Å². The number of ether oxygens (including phenoxy) is 1. The summed E-state index contributed by atoms with van der Waals surface area (Å²) >= 11 is 2.13. The third kappa shape index (κ3) is 4.42. The van der Waals surface area contributed by atoms with Crippen molar-refractivity contribution in [1.82, 2.24) is 5.32 Å². The molecule has 0 aromatic heterocycles. The Bertz CT molecular complexity index is 390. The summed E-state index contributed by atoms with van der Waals surface area (Å²) in [4.78, 5) is 0. The largest absolute Gasteiger partial charge is 0.493 e. The molecular weight excluding hydrogens is 266 g/mol. The van der Waals surface area contributed by atoms with Crippen molar-refractivity contribution in [2.45, 2.75) is 50.3 Å². The Labute approximate surface area is 127 Å². The first kappa shape index (κ1) is 15.7. The first-order chi connectivity index (χ1) is 9.85. The molecular formula is C17H27NOS. The van der Waals surface area contributed by atoms with E-state index in [0.29, 0.717) is 6.04 Å². The molecule has 3 heteroatoms. The predicted octanol–water partition coefficient (Wildman–Crippen LogP) is 4.41. The Morgan fingerprint density at radius 2 is 2.05 bits per heavy atom. The number of rotatable bonds is 8. The fourth-order valence-electron chi connectivity index (χ4n) is 2.73. The summed E-state index contributed by atoms with van der Waals surface area (Å²) in [6.45, 7) is 2.94. The quantitative estimate of drug-likeness (QED) is 0.767. The highest BCUT2D eigenvalue weighted by atomic mass is 32.2. The van der Waals surface area contributed by atoms with Crippen LogP contribution in [0.1, 0.15) is 50.6 Å². The zero-order valence-corrected chi connectivity index (χ0v) is 13.5. The van der Waals surface area contributed by atoms with Gasteiger partial charge < -0.3 is 10.1 Å². The van der Waals surface area contributed by atoms with E-state index in [-0.39, 0.29) is 0 Å². The molecule has 0 saturated heterocycles. The molecule has 1 aromatic carbocycles. The van der Waals surface area contributed by atoms with E-state index in [1.165, 1.54) is 31.2 Å². The van der Waals surface area contributed by atoms with Gasteiger partial charge in [-0.1, -0.05) is 38.0 Å². The maximum absolute atomic E-state index is 5.89. The minimum atomic E-state index is 0.383. The Morgan fingerprint density at radius 3 is 2.75 bits per heavy atom. The van der Waals surface area contributed by atoms with E-state index >= 15 is 0 Å². The van der Waals surface area contributed by atoms with Gasteiger partial charge in [-0.3, -0.25) is 0 Å². The van der Waals surface area contributed by atoms with Crippen LogP contribution in [0, 0.1) is 0 Å². The van der Waals surface area contributed by atoms with Crippen LogP contribution in [0.3, 0.4) is 0 Å². The monoisotopic (exact) mass is 293 g/mol. The second kappa shape index (κ2) is 8.58. The lowest BCUT2D eigenvalue weighted by atomic mass is 10.1. The zero-order valence-electron chi connectivity index (χ0n) is 12.7. The third-order valence-corrected chi connectivity index (χ3v) is 5.37. The van der Waals surface area contributed by atoms with Crippen molar-refractivity contribution < 1.29 is 4.74 Å². The van der Waals surface area contributed by atoms with Crippen LogP contribution in [0.4, 0.5) is 0 Å². The third-order valence-electron chi connectivity index (χ3n) is 3.91. The Balaban J connectivity index is 1.98. The molecule has 1 aromatic rings. The van der Waals surface area contributed by atoms with Gasteiger partial charge in [-0.15, -0.1) is 0 Å². The summed E-state index contributed by atoms with van der Waals surface area (Å²) < 4.78 is 5.89. The predicted molar refractivity (Wildman–Crippen MR) is 88.7 cm³/mol. The van der Waals surface area contributed by atoms with E-state index < -0.39 is 0 Å². The summed E-state index contributed by atoms with van der Waals surface area (Å²) in [7, 11) is 2.05. The molecule has 1 fully saturated rings. The molecule has 0 amide bonds. The lowest BCUT2D eigenvalue weighted by Crippen LogP contribution is -2.20. The molecule has 1 saturated carbocycles. The van der Waals surface area contributed by atoms with Gasteiger partial charge in [0.25, 0.3) is 0 Å². The van der Waals surface area contributed by atoms with E-state index in [4.69, 9.17) is 4.74 Å². The summed E-state index contributed by atoms with van der Waals surface area (Å²) in [6, 6.07) is 8.84. The standard InChI is InChI=1S/C17H27NOS/c1-3-12-19-17-11-7-6-10-15(17)16(18-2)13-20-14-8-4-5-9-14/h6-7,10-11,14,16,18H,3-5,8-9,12-13H2,1-2H3. The van der Waals surface area contributed by atoms with Gasteiger partial charge in [-0.2, -0.15) is 11.8 Å². The zero-order chi connectivity index (χ0) is 14.2. The SMILES string of the molecule is CCCOc1ccccc1C(CSC1CCCC1)NC. The molecule has 1 atom stereocenters. The number of hydrogen-bond donors (Lipinski definition) is 1. The fourth-order valence-corrected chi connectivity index (χ4v) is 4.21. The Morgan fingerprint density at radius 1 is 1.30 bits per heavy atom. The van der Waals surface area contributed by atoms with Crippen molar-refractivity contribution in [2.75, 3.05) is 19.4 Å². The van der Waals surface area contributed by atoms with E-state index in [0.717, 1.165) is 29.8 Å². The van der Waals surface area contributed by atoms with Gasteiger partial charge in [0.05, 0.1) is 6.61 Å². The molecule has 0 aliphatic heterocycles. The maximum Gasteiger partial charge on any atom is 0.124 e. The number of thioether (sulfide) groups is 1. The lowest BCUT2D eigenvalue weighted by Gasteiger charge is -2.21. The van der Waals surface area contributed by atoms with Gasteiger partial charge in [0.2, 0.25) is 0 Å². The molecule has 0 radical (unpaired) electrons. The van der Waals surface area contributed by atoms with Crippen molar-refractivity contribution in [1.29, 1.82) is 0 Å². The van der Waals surface area contributed by atoms with Gasteiger partial charge in [0.15, 0.2) is 0 Å². The van der Waals surface area contributed by atoms with Crippen LogP contribution in [0.15, 0.2) is 24.3 Å². The molecule has 0 bridgehead atoms. The molecule has 2 nitrogen and oxygen atoms in total. The van der Waals surface area contributed by atoms with E-state index in [1.54, 1.807) is 0 Å². The molecule has 1 unspecified atom stereocenters. The van der Waals surface area contributed by atoms with Gasteiger partial charge in [-0.25, -0.2) is 0 Å². The first-order valence-electron chi connectivity index (χ1n) is 7.85. The minimum absolute atomic E-state index is 0.383. The summed E-state index contributed by atoms with van der Waals surface area (Å²) in [6.07, 6.45) is 6.68. The molecule has 20 heavy (non-hydrogen) atoms. The van der Waals surface area contributed by atoms with Gasteiger partial charge in [-0.05, 0) is 32.4 Å². The van der Waals surface area contributed by atoms with E-state index in [9.17, 15) is 0 Å². The normalized spacial score (nSPS) is 17.3. The highest BCUT2D eigenvalue weighted by molar-refractivity contribution is 7.99. The lowest BCUT2D eigenvalue weighted by molar-refractivity contribution is 0.311. The number of hydrogen-bond acceptors (Lipinski definition) is 3. The van der Waals surface area contributed by atoms with E-state index in [2.05, 4.69) is 55.3 Å². The van der Waals surface area contributed by atoms with Crippen LogP contribution in [0.25, 0.3) is 0 Å². The van der Waals surface area contributed by atoms with Crippen LogP contribution in [0.2, 0.25) is 0 Å². The van der Waals surface area contributed by atoms with Crippen molar-refractivity contribution in [3.8, 4) is 5.75 Å². The van der Waals surface area contributed by atoms with Gasteiger partial charge in [0, 0.05) is 22.6 Å². The molecule has 1 aliphatic rings. The Hall–Kier alpha value is -0.670. The maximum atomic E-state index is 5.89. The molecule has 0 spiro atoms. The fraction of sp³-hybridized carbons (Fsp3) is 0.647. The van der Waals surface area contributed by atoms with E-state index in [1.807, 2.05) is 0 Å². The van der Waals surface area contributed by atoms with Crippen LogP contribution in [-0.2, 0) is 0 Å². The molecule has 0 heterocycles. The highest BCUT2D eigenvalue weighted by Gasteiger charge is 2.19. The summed E-state index contributed by atoms with van der Waals surface area (Å²) in [5.74, 6) is 2.17. The van der Waals surface area contributed by atoms with Gasteiger partial charge >= 0.3 is 0 Å². The van der Waals surface area contributed by atoms with Crippen LogP contribution in [0.5, 0.6) is 5.75 Å². The minimum Gasteiger partial charge on any atom is -0.493 e. The number of benzene rings is 1. The molecule has 2 rings (SSSR count). The van der Waals surface area contributed by atoms with Crippen LogP contribution in [-0.4, -0.2) is 24.7 Å². The number of para-hydroxylation sites is 1. The summed E-state index contributed by atoms with van der Waals surface area (Å²) in [5.41, 5.74) is 1.30. The smallest absolute Gasteiger partial charge is 0.124 e. The van der Waals surface area contributed by atoms with Gasteiger partial charge in [0.1, 0.15) is 5.75 Å². The van der Waals surface area contributed by atoms with Crippen molar-refractivity contribution >= 4 is 11.8 Å². The second-order valence-electron chi connectivity index (χ2n) is 5.47. The van der Waals surface area contributed by atoms with Crippen molar-refractivity contribution in [2.24, 2.45) is 0 Å². The average molecular weight is 293 g/mol. The Kier molecular flexibility index (Phi) is 6.74. The second-order valence-corrected chi connectivity index (χ2v) is 6.80. The first-order valence-corrected chi connectivity index (χ1v) is 8.90. The average Bonchev–Trinajstić information content (AvgIpc) is 3.00. The molecule has 1 N–H and O–H groups in total. The highest BCUT2D eigenvalue weighted by Crippen LogP contribution is 2.34. The van der Waals surface area contributed by atoms with Crippen molar-refractivity contribution in [3.05, 3.63) is 29.8 Å². The van der Waals surface area contributed by atoms with Crippen molar-refractivity contribution in [3.63, 3.8) is 0 Å². The van der Waals surface area contributed by atoms with Crippen LogP contribution < -0.4 is 10.1 Å². The molecule has 112 valence electrons.